The smallest absolute Gasteiger partial charge is 0.291 e. The van der Waals surface area contributed by atoms with E-state index in [9.17, 15) is 9.90 Å². The summed E-state index contributed by atoms with van der Waals surface area (Å²) < 4.78 is 5.83. The first-order valence-corrected chi connectivity index (χ1v) is 7.95. The third-order valence-electron chi connectivity index (χ3n) is 4.50. The lowest BCUT2D eigenvalue weighted by atomic mass is 9.75. The van der Waals surface area contributed by atoms with E-state index in [1.165, 1.54) is 0 Å². The Hall–Kier alpha value is -2.07. The topological polar surface area (TPSA) is 62.5 Å². The van der Waals surface area contributed by atoms with Crippen molar-refractivity contribution in [3.63, 3.8) is 0 Å². The third-order valence-corrected chi connectivity index (χ3v) is 4.50. The minimum atomic E-state index is -0.571. The molecule has 1 aromatic heterocycles. The lowest BCUT2D eigenvalue weighted by Crippen LogP contribution is -2.24. The molecule has 1 aliphatic carbocycles. The maximum atomic E-state index is 12.5. The van der Waals surface area contributed by atoms with E-state index in [1.807, 2.05) is 38.1 Å². The Labute approximate surface area is 136 Å². The van der Waals surface area contributed by atoms with E-state index in [0.717, 1.165) is 34.6 Å². The minimum absolute atomic E-state index is 0.0264. The molecule has 0 saturated carbocycles. The molecular formula is C19H23NO3. The molecule has 1 aliphatic rings. The van der Waals surface area contributed by atoms with Crippen molar-refractivity contribution in [3.8, 4) is 0 Å². The second kappa shape index (κ2) is 5.53. The van der Waals surface area contributed by atoms with E-state index in [1.54, 1.807) is 0 Å². The van der Waals surface area contributed by atoms with Crippen LogP contribution in [0, 0.1) is 19.3 Å². The highest BCUT2D eigenvalue weighted by atomic mass is 16.4. The summed E-state index contributed by atoms with van der Waals surface area (Å²) in [4.78, 5) is 12.5. The molecule has 3 rings (SSSR count). The molecular weight excluding hydrogens is 290 g/mol. The van der Waals surface area contributed by atoms with Gasteiger partial charge in [-0.05, 0) is 37.8 Å². The molecule has 23 heavy (non-hydrogen) atoms. The van der Waals surface area contributed by atoms with Gasteiger partial charge in [0.2, 0.25) is 0 Å². The van der Waals surface area contributed by atoms with Gasteiger partial charge in [0.15, 0.2) is 5.76 Å². The van der Waals surface area contributed by atoms with E-state index in [-0.39, 0.29) is 11.3 Å². The van der Waals surface area contributed by atoms with Gasteiger partial charge in [-0.15, -0.1) is 0 Å². The zero-order chi connectivity index (χ0) is 16.8. The predicted molar refractivity (Wildman–Crippen MR) is 89.6 cm³/mol. The molecule has 4 nitrogen and oxygen atoms in total. The molecule has 2 N–H and O–H groups in total. The van der Waals surface area contributed by atoms with Crippen LogP contribution in [0.3, 0.4) is 0 Å². The van der Waals surface area contributed by atoms with E-state index in [4.69, 9.17) is 4.42 Å². The van der Waals surface area contributed by atoms with Crippen molar-refractivity contribution in [2.24, 2.45) is 5.41 Å². The number of anilines is 1. The van der Waals surface area contributed by atoms with Gasteiger partial charge in [-0.3, -0.25) is 4.79 Å². The monoisotopic (exact) mass is 313 g/mol. The summed E-state index contributed by atoms with van der Waals surface area (Å²) in [6, 6.07) is 7.62. The van der Waals surface area contributed by atoms with Crippen LogP contribution >= 0.6 is 0 Å². The van der Waals surface area contributed by atoms with Gasteiger partial charge in [0, 0.05) is 23.2 Å². The highest BCUT2D eigenvalue weighted by Gasteiger charge is 2.37. The van der Waals surface area contributed by atoms with Crippen LogP contribution in [0.25, 0.3) is 0 Å². The highest BCUT2D eigenvalue weighted by Crippen LogP contribution is 2.44. The molecule has 122 valence electrons. The number of hydrogen-bond acceptors (Lipinski definition) is 3. The molecule has 2 aromatic rings. The number of nitrogens with one attached hydrogen (secondary N) is 1. The number of fused-ring (bicyclic) bond motifs is 1. The van der Waals surface area contributed by atoms with Crippen molar-refractivity contribution >= 4 is 11.6 Å². The Bertz CT molecular complexity index is 741. The van der Waals surface area contributed by atoms with Crippen molar-refractivity contribution < 1.29 is 14.3 Å². The fourth-order valence-corrected chi connectivity index (χ4v) is 3.33. The van der Waals surface area contributed by atoms with Gasteiger partial charge < -0.3 is 14.8 Å². The first-order chi connectivity index (χ1) is 10.8. The highest BCUT2D eigenvalue weighted by molar-refractivity contribution is 6.03. The van der Waals surface area contributed by atoms with Gasteiger partial charge in [0.05, 0.1) is 6.10 Å². The quantitative estimate of drug-likeness (QED) is 0.875. The maximum absolute atomic E-state index is 12.5. The van der Waals surface area contributed by atoms with Gasteiger partial charge in [-0.25, -0.2) is 0 Å². The van der Waals surface area contributed by atoms with Crippen LogP contribution in [0.1, 0.15) is 59.4 Å². The summed E-state index contributed by atoms with van der Waals surface area (Å²) in [6.07, 6.45) is 0.843. The maximum Gasteiger partial charge on any atom is 0.291 e. The average Bonchev–Trinajstić information content (AvgIpc) is 2.77. The molecule has 4 heteroatoms. The normalized spacial score (nSPS) is 19.3. The molecule has 1 heterocycles. The lowest BCUT2D eigenvalue weighted by Gasteiger charge is -2.31. The molecule has 0 bridgehead atoms. The molecule has 1 aromatic carbocycles. The third kappa shape index (κ3) is 3.04. The number of carbonyl (C=O) groups excluding carboxylic acids is 1. The zero-order valence-corrected chi connectivity index (χ0v) is 14.1. The first-order valence-electron chi connectivity index (χ1n) is 7.95. The molecule has 0 fully saturated rings. The van der Waals surface area contributed by atoms with Crippen LogP contribution in [0.2, 0.25) is 0 Å². The Morgan fingerprint density at radius 2 is 1.91 bits per heavy atom. The largest absolute Gasteiger partial charge is 0.455 e. The SMILES string of the molecule is Cc1ccc(NC(=O)c2oc3c(c2C)[C@H](O)CC(C)(C)C3)cc1. The summed E-state index contributed by atoms with van der Waals surface area (Å²) in [5, 5.41) is 13.3. The van der Waals surface area contributed by atoms with Crippen LogP contribution in [0.15, 0.2) is 28.7 Å². The Morgan fingerprint density at radius 1 is 1.26 bits per heavy atom. The molecule has 0 radical (unpaired) electrons. The van der Waals surface area contributed by atoms with Gasteiger partial charge in [-0.2, -0.15) is 0 Å². The second-order valence-corrected chi connectivity index (χ2v) is 7.27. The lowest BCUT2D eigenvalue weighted by molar-refractivity contribution is 0.0910. The van der Waals surface area contributed by atoms with Gasteiger partial charge >= 0.3 is 0 Å². The van der Waals surface area contributed by atoms with Crippen LogP contribution < -0.4 is 5.32 Å². The van der Waals surface area contributed by atoms with Gasteiger partial charge in [0.25, 0.3) is 5.91 Å². The van der Waals surface area contributed by atoms with Gasteiger partial charge in [0.1, 0.15) is 5.76 Å². The molecule has 1 atom stereocenters. The van der Waals surface area contributed by atoms with Crippen LogP contribution in [-0.2, 0) is 6.42 Å². The molecule has 0 aliphatic heterocycles. The predicted octanol–water partition coefficient (Wildman–Crippen LogP) is 4.15. The van der Waals surface area contributed by atoms with Crippen molar-refractivity contribution in [3.05, 3.63) is 52.5 Å². The number of carbonyl (C=O) groups is 1. The number of rotatable bonds is 2. The first kappa shape index (κ1) is 15.8. The zero-order valence-electron chi connectivity index (χ0n) is 14.1. The van der Waals surface area contributed by atoms with Crippen LogP contribution in [0.4, 0.5) is 5.69 Å². The number of aliphatic hydroxyl groups is 1. The van der Waals surface area contributed by atoms with E-state index in [2.05, 4.69) is 19.2 Å². The number of amides is 1. The van der Waals surface area contributed by atoms with Crippen molar-refractivity contribution in [1.29, 1.82) is 0 Å². The number of aryl methyl sites for hydroxylation is 1. The standard InChI is InChI=1S/C19H23NO3/c1-11-5-7-13(8-6-11)20-18(22)17-12(2)16-14(21)9-19(3,4)10-15(16)23-17/h5-8,14,21H,9-10H2,1-4H3,(H,20,22)/t14-/m1/s1. The van der Waals surface area contributed by atoms with Crippen molar-refractivity contribution in [1.82, 2.24) is 0 Å². The number of hydrogen-bond donors (Lipinski definition) is 2. The van der Waals surface area contributed by atoms with Crippen molar-refractivity contribution in [2.45, 2.75) is 46.6 Å². The van der Waals surface area contributed by atoms with Crippen LogP contribution in [-0.4, -0.2) is 11.0 Å². The second-order valence-electron chi connectivity index (χ2n) is 7.27. The average molecular weight is 313 g/mol. The van der Waals surface area contributed by atoms with E-state index in [0.29, 0.717) is 12.2 Å². The summed E-state index contributed by atoms with van der Waals surface area (Å²) in [5.41, 5.74) is 3.38. The van der Waals surface area contributed by atoms with E-state index >= 15 is 0 Å². The molecule has 0 unspecified atom stereocenters. The Kier molecular flexibility index (Phi) is 3.80. The summed E-state index contributed by atoms with van der Waals surface area (Å²) in [7, 11) is 0. The summed E-state index contributed by atoms with van der Waals surface area (Å²) in [5.74, 6) is 0.762. The molecule has 0 spiro atoms. The molecule has 1 amide bonds. The minimum Gasteiger partial charge on any atom is -0.455 e. The number of furan rings is 1. The summed E-state index contributed by atoms with van der Waals surface area (Å²) in [6.45, 7) is 8.04. The Morgan fingerprint density at radius 3 is 2.57 bits per heavy atom. The number of aliphatic hydroxyl groups excluding tert-OH is 1. The fourth-order valence-electron chi connectivity index (χ4n) is 3.33. The summed E-state index contributed by atoms with van der Waals surface area (Å²) >= 11 is 0. The number of benzene rings is 1. The van der Waals surface area contributed by atoms with Gasteiger partial charge in [-0.1, -0.05) is 31.5 Å². The Balaban J connectivity index is 1.89. The molecule has 0 saturated heterocycles. The van der Waals surface area contributed by atoms with Crippen molar-refractivity contribution in [2.75, 3.05) is 5.32 Å². The fraction of sp³-hybridized carbons (Fsp3) is 0.421. The van der Waals surface area contributed by atoms with Crippen LogP contribution in [0.5, 0.6) is 0 Å². The van der Waals surface area contributed by atoms with E-state index < -0.39 is 6.10 Å².